The summed E-state index contributed by atoms with van der Waals surface area (Å²) in [7, 11) is 0. The van der Waals surface area contributed by atoms with Gasteiger partial charge in [-0.05, 0) is 6.42 Å². The summed E-state index contributed by atoms with van der Waals surface area (Å²) in [5.74, 6) is -0.475. The number of hydrogen-bond donors (Lipinski definition) is 2. The number of rotatable bonds is 2. The molecule has 2 atom stereocenters. The Morgan fingerprint density at radius 1 is 1.70 bits per heavy atom. The average molecular weight is 143 g/mol. The normalized spacial score (nSPS) is 32.1. The maximum absolute atomic E-state index is 10.6. The fourth-order valence-electron chi connectivity index (χ4n) is 1.02. The number of aldehydes is 1. The van der Waals surface area contributed by atoms with Crippen molar-refractivity contribution in [2.24, 2.45) is 0 Å². The SMILES string of the molecule is O=CC(=O)C1C[C@H](O)CN1. The minimum absolute atomic E-state index is 0.287. The summed E-state index contributed by atoms with van der Waals surface area (Å²) in [4.78, 5) is 20.5. The molecular formula is C6H9NO3. The molecule has 0 amide bonds. The largest absolute Gasteiger partial charge is 0.392 e. The zero-order valence-electron chi connectivity index (χ0n) is 5.41. The lowest BCUT2D eigenvalue weighted by atomic mass is 10.1. The lowest BCUT2D eigenvalue weighted by molar-refractivity contribution is -0.131. The highest BCUT2D eigenvalue weighted by atomic mass is 16.3. The minimum Gasteiger partial charge on any atom is -0.392 e. The van der Waals surface area contributed by atoms with E-state index >= 15 is 0 Å². The van der Waals surface area contributed by atoms with Crippen LogP contribution in [0.1, 0.15) is 6.42 Å². The monoisotopic (exact) mass is 143 g/mol. The smallest absolute Gasteiger partial charge is 0.212 e. The highest BCUT2D eigenvalue weighted by Gasteiger charge is 2.27. The molecule has 4 nitrogen and oxygen atoms in total. The van der Waals surface area contributed by atoms with E-state index in [9.17, 15) is 9.59 Å². The summed E-state index contributed by atoms with van der Waals surface area (Å²) in [6.07, 6.45) is 0.168. The molecule has 0 bridgehead atoms. The highest BCUT2D eigenvalue weighted by Crippen LogP contribution is 2.05. The van der Waals surface area contributed by atoms with Crippen molar-refractivity contribution >= 4 is 12.1 Å². The molecule has 10 heavy (non-hydrogen) atoms. The molecule has 0 aromatic heterocycles. The van der Waals surface area contributed by atoms with Crippen LogP contribution < -0.4 is 5.32 Å². The van der Waals surface area contributed by atoms with Gasteiger partial charge in [-0.15, -0.1) is 0 Å². The molecular weight excluding hydrogens is 134 g/mol. The molecule has 1 rings (SSSR count). The van der Waals surface area contributed by atoms with Gasteiger partial charge in [0.25, 0.3) is 0 Å². The van der Waals surface area contributed by atoms with E-state index in [1.165, 1.54) is 0 Å². The molecule has 0 spiro atoms. The molecule has 1 fully saturated rings. The first-order valence-corrected chi connectivity index (χ1v) is 3.14. The van der Waals surface area contributed by atoms with Crippen molar-refractivity contribution in [3.05, 3.63) is 0 Å². The molecule has 56 valence electrons. The molecule has 1 unspecified atom stereocenters. The van der Waals surface area contributed by atoms with Crippen molar-refractivity contribution in [2.75, 3.05) is 6.54 Å². The van der Waals surface area contributed by atoms with E-state index in [0.717, 1.165) is 0 Å². The van der Waals surface area contributed by atoms with Gasteiger partial charge in [-0.2, -0.15) is 0 Å². The highest BCUT2D eigenvalue weighted by molar-refractivity contribution is 6.27. The van der Waals surface area contributed by atoms with Crippen molar-refractivity contribution < 1.29 is 14.7 Å². The van der Waals surface area contributed by atoms with Crippen molar-refractivity contribution in [1.82, 2.24) is 5.32 Å². The van der Waals surface area contributed by atoms with Gasteiger partial charge in [0.05, 0.1) is 12.1 Å². The molecule has 0 aromatic carbocycles. The molecule has 1 saturated heterocycles. The van der Waals surface area contributed by atoms with Crippen molar-refractivity contribution in [2.45, 2.75) is 18.6 Å². The zero-order valence-corrected chi connectivity index (χ0v) is 5.41. The molecule has 4 heteroatoms. The maximum atomic E-state index is 10.6. The molecule has 0 aromatic rings. The van der Waals surface area contributed by atoms with Gasteiger partial charge < -0.3 is 10.4 Å². The summed E-state index contributed by atoms with van der Waals surface area (Å²) in [6.45, 7) is 0.407. The first-order chi connectivity index (χ1) is 4.74. The van der Waals surface area contributed by atoms with Gasteiger partial charge in [0.1, 0.15) is 0 Å². The predicted octanol–water partition coefficient (Wildman–Crippen LogP) is -1.52. The third kappa shape index (κ3) is 1.40. The molecule has 1 aliphatic rings. The van der Waals surface area contributed by atoms with E-state index in [-0.39, 0.29) is 6.29 Å². The van der Waals surface area contributed by atoms with Crippen LogP contribution in [0.25, 0.3) is 0 Å². The van der Waals surface area contributed by atoms with Crippen LogP contribution in [0.15, 0.2) is 0 Å². The molecule has 0 radical (unpaired) electrons. The first-order valence-electron chi connectivity index (χ1n) is 3.14. The Labute approximate surface area is 58.2 Å². The van der Waals surface area contributed by atoms with E-state index in [4.69, 9.17) is 5.11 Å². The second kappa shape index (κ2) is 2.90. The van der Waals surface area contributed by atoms with Crippen LogP contribution in [-0.4, -0.2) is 35.9 Å². The predicted molar refractivity (Wildman–Crippen MR) is 33.5 cm³/mol. The number of nitrogens with one attached hydrogen (secondary N) is 1. The Bertz CT molecular complexity index is 157. The Morgan fingerprint density at radius 2 is 2.40 bits per heavy atom. The molecule has 1 aliphatic heterocycles. The van der Waals surface area contributed by atoms with Crippen LogP contribution in [0.3, 0.4) is 0 Å². The zero-order chi connectivity index (χ0) is 7.56. The second-order valence-corrected chi connectivity index (χ2v) is 2.37. The third-order valence-electron chi connectivity index (χ3n) is 1.57. The van der Waals surface area contributed by atoms with E-state index in [0.29, 0.717) is 13.0 Å². The van der Waals surface area contributed by atoms with Gasteiger partial charge in [0.15, 0.2) is 6.29 Å². The fourth-order valence-corrected chi connectivity index (χ4v) is 1.02. The molecule has 1 heterocycles. The number of hydrogen-bond acceptors (Lipinski definition) is 4. The summed E-state index contributed by atoms with van der Waals surface area (Å²) in [5.41, 5.74) is 0. The summed E-state index contributed by atoms with van der Waals surface area (Å²) < 4.78 is 0. The van der Waals surface area contributed by atoms with Gasteiger partial charge >= 0.3 is 0 Å². The number of aliphatic hydroxyl groups excluding tert-OH is 1. The van der Waals surface area contributed by atoms with E-state index in [1.54, 1.807) is 0 Å². The molecule has 2 N–H and O–H groups in total. The maximum Gasteiger partial charge on any atom is 0.212 e. The number of β-amino-alcohol motifs (C(OH)–C–C–N with tert-alkyl or cyclic N) is 1. The van der Waals surface area contributed by atoms with Crippen LogP contribution in [0.2, 0.25) is 0 Å². The van der Waals surface area contributed by atoms with Crippen LogP contribution in [-0.2, 0) is 9.59 Å². The Kier molecular flexibility index (Phi) is 2.13. The third-order valence-corrected chi connectivity index (χ3v) is 1.57. The van der Waals surface area contributed by atoms with Gasteiger partial charge in [-0.1, -0.05) is 0 Å². The van der Waals surface area contributed by atoms with Gasteiger partial charge in [-0.3, -0.25) is 9.59 Å². The van der Waals surface area contributed by atoms with E-state index in [1.807, 2.05) is 0 Å². The quantitative estimate of drug-likeness (QED) is 0.364. The molecule has 0 aliphatic carbocycles. The number of aliphatic hydroxyl groups is 1. The minimum atomic E-state index is -0.478. The Balaban J connectivity index is 2.44. The van der Waals surface area contributed by atoms with Crippen molar-refractivity contribution in [3.63, 3.8) is 0 Å². The fraction of sp³-hybridized carbons (Fsp3) is 0.667. The number of carbonyl (C=O) groups is 2. The van der Waals surface area contributed by atoms with Crippen molar-refractivity contribution in [1.29, 1.82) is 0 Å². The first kappa shape index (κ1) is 7.37. The lowest BCUT2D eigenvalue weighted by Gasteiger charge is -2.00. The van der Waals surface area contributed by atoms with E-state index < -0.39 is 17.9 Å². The standard InChI is InChI=1S/C6H9NO3/c8-3-6(10)5-1-4(9)2-7-5/h3-5,7,9H,1-2H2/t4-,5?/m0/s1. The van der Waals surface area contributed by atoms with Crippen molar-refractivity contribution in [3.8, 4) is 0 Å². The number of Topliss-reactive ketones (excluding diaryl/α,β-unsaturated/α-hetero) is 1. The van der Waals surface area contributed by atoms with Gasteiger partial charge in [0.2, 0.25) is 5.78 Å². The van der Waals surface area contributed by atoms with Gasteiger partial charge in [0, 0.05) is 6.54 Å². The second-order valence-electron chi connectivity index (χ2n) is 2.37. The summed E-state index contributed by atoms with van der Waals surface area (Å²) >= 11 is 0. The number of carbonyl (C=O) groups excluding carboxylic acids is 2. The summed E-state index contributed by atoms with van der Waals surface area (Å²) in [5, 5.41) is 11.6. The summed E-state index contributed by atoms with van der Waals surface area (Å²) in [6, 6.07) is -0.451. The Morgan fingerprint density at radius 3 is 2.80 bits per heavy atom. The number of ketones is 1. The lowest BCUT2D eigenvalue weighted by Crippen LogP contribution is -2.31. The van der Waals surface area contributed by atoms with Crippen LogP contribution in [0, 0.1) is 0 Å². The topological polar surface area (TPSA) is 66.4 Å². The van der Waals surface area contributed by atoms with Gasteiger partial charge in [-0.25, -0.2) is 0 Å². The molecule has 0 saturated carbocycles. The van der Waals surface area contributed by atoms with Crippen LogP contribution in [0.5, 0.6) is 0 Å². The van der Waals surface area contributed by atoms with Crippen LogP contribution >= 0.6 is 0 Å². The van der Waals surface area contributed by atoms with Crippen LogP contribution in [0.4, 0.5) is 0 Å². The Hall–Kier alpha value is -0.740. The average Bonchev–Trinajstić information content (AvgIpc) is 2.34. The van der Waals surface area contributed by atoms with E-state index in [2.05, 4.69) is 5.32 Å².